The molecular formula is C15H17N5. The molecule has 3 aromatic rings. The molecule has 0 bridgehead atoms. The molecule has 5 heteroatoms. The molecule has 0 aliphatic heterocycles. The normalized spacial score (nSPS) is 10.9. The molecule has 5 nitrogen and oxygen atoms in total. The van der Waals surface area contributed by atoms with E-state index in [-0.39, 0.29) is 0 Å². The van der Waals surface area contributed by atoms with E-state index in [9.17, 15) is 0 Å². The monoisotopic (exact) mass is 267 g/mol. The van der Waals surface area contributed by atoms with Crippen molar-refractivity contribution in [1.29, 1.82) is 0 Å². The third-order valence-corrected chi connectivity index (χ3v) is 3.62. The van der Waals surface area contributed by atoms with Crippen molar-refractivity contribution in [2.45, 2.75) is 20.4 Å². The SMILES string of the molecule is Cc1nnc(NCc2ccncc2)c2c(C)n(C)cc12. The minimum Gasteiger partial charge on any atom is -0.364 e. The first-order valence-electron chi connectivity index (χ1n) is 6.58. The van der Waals surface area contributed by atoms with E-state index >= 15 is 0 Å². The highest BCUT2D eigenvalue weighted by Crippen LogP contribution is 2.27. The predicted molar refractivity (Wildman–Crippen MR) is 79.5 cm³/mol. The zero-order valence-electron chi connectivity index (χ0n) is 11.9. The minimum absolute atomic E-state index is 0.712. The van der Waals surface area contributed by atoms with Crippen LogP contribution in [0.2, 0.25) is 0 Å². The number of pyridine rings is 1. The standard InChI is InChI=1S/C15H17N5/c1-10-13-9-20(3)11(2)14(13)15(19-18-10)17-8-12-4-6-16-7-5-12/h4-7,9H,8H2,1-3H3,(H,17,19). The summed E-state index contributed by atoms with van der Waals surface area (Å²) < 4.78 is 2.11. The molecule has 3 rings (SSSR count). The van der Waals surface area contributed by atoms with Crippen LogP contribution in [0, 0.1) is 13.8 Å². The van der Waals surface area contributed by atoms with E-state index < -0.39 is 0 Å². The van der Waals surface area contributed by atoms with Gasteiger partial charge in [-0.1, -0.05) is 0 Å². The first-order chi connectivity index (χ1) is 9.66. The summed E-state index contributed by atoms with van der Waals surface area (Å²) in [6.07, 6.45) is 5.69. The van der Waals surface area contributed by atoms with Crippen LogP contribution in [0.25, 0.3) is 10.8 Å². The van der Waals surface area contributed by atoms with Gasteiger partial charge in [-0.25, -0.2) is 0 Å². The van der Waals surface area contributed by atoms with Gasteiger partial charge in [-0.05, 0) is 31.5 Å². The largest absolute Gasteiger partial charge is 0.364 e. The maximum absolute atomic E-state index is 4.31. The van der Waals surface area contributed by atoms with Gasteiger partial charge in [0.2, 0.25) is 0 Å². The summed E-state index contributed by atoms with van der Waals surface area (Å²) in [6, 6.07) is 3.98. The summed E-state index contributed by atoms with van der Waals surface area (Å²) in [6.45, 7) is 4.80. The molecule has 0 radical (unpaired) electrons. The van der Waals surface area contributed by atoms with Gasteiger partial charge in [0.1, 0.15) is 0 Å². The van der Waals surface area contributed by atoms with Crippen LogP contribution in [-0.2, 0) is 13.6 Å². The van der Waals surface area contributed by atoms with E-state index in [1.807, 2.05) is 26.1 Å². The minimum atomic E-state index is 0.712. The molecular weight excluding hydrogens is 250 g/mol. The van der Waals surface area contributed by atoms with Crippen molar-refractivity contribution in [3.8, 4) is 0 Å². The van der Waals surface area contributed by atoms with E-state index in [0.717, 1.165) is 22.3 Å². The van der Waals surface area contributed by atoms with E-state index in [0.29, 0.717) is 6.54 Å². The van der Waals surface area contributed by atoms with Gasteiger partial charge < -0.3 is 9.88 Å². The number of nitrogens with zero attached hydrogens (tertiary/aromatic N) is 4. The number of hydrogen-bond acceptors (Lipinski definition) is 4. The Kier molecular flexibility index (Phi) is 3.10. The van der Waals surface area contributed by atoms with E-state index in [4.69, 9.17) is 0 Å². The molecule has 0 unspecified atom stereocenters. The number of hydrogen-bond donors (Lipinski definition) is 1. The highest BCUT2D eigenvalue weighted by Gasteiger charge is 2.12. The molecule has 0 spiro atoms. The third kappa shape index (κ3) is 2.11. The van der Waals surface area contributed by atoms with Crippen molar-refractivity contribution in [3.05, 3.63) is 47.7 Å². The van der Waals surface area contributed by atoms with Crippen molar-refractivity contribution >= 4 is 16.6 Å². The second kappa shape index (κ2) is 4.92. The molecule has 0 aromatic carbocycles. The van der Waals surface area contributed by atoms with Gasteiger partial charge in [0.25, 0.3) is 0 Å². The van der Waals surface area contributed by atoms with Crippen molar-refractivity contribution in [2.24, 2.45) is 7.05 Å². The zero-order chi connectivity index (χ0) is 14.1. The lowest BCUT2D eigenvalue weighted by Gasteiger charge is -2.08. The maximum Gasteiger partial charge on any atom is 0.158 e. The van der Waals surface area contributed by atoms with Crippen LogP contribution in [0.15, 0.2) is 30.7 Å². The predicted octanol–water partition coefficient (Wildman–Crippen LogP) is 2.59. The van der Waals surface area contributed by atoms with E-state index in [1.54, 1.807) is 12.4 Å². The highest BCUT2D eigenvalue weighted by molar-refractivity contribution is 5.95. The fourth-order valence-electron chi connectivity index (χ4n) is 2.34. The fraction of sp³-hybridized carbons (Fsp3) is 0.267. The summed E-state index contributed by atoms with van der Waals surface area (Å²) >= 11 is 0. The highest BCUT2D eigenvalue weighted by atomic mass is 15.2. The van der Waals surface area contributed by atoms with Crippen molar-refractivity contribution in [1.82, 2.24) is 19.7 Å². The maximum atomic E-state index is 4.31. The van der Waals surface area contributed by atoms with Gasteiger partial charge >= 0.3 is 0 Å². The van der Waals surface area contributed by atoms with Crippen LogP contribution < -0.4 is 5.32 Å². The van der Waals surface area contributed by atoms with Crippen LogP contribution in [0.1, 0.15) is 17.0 Å². The average Bonchev–Trinajstić information content (AvgIpc) is 2.77. The lowest BCUT2D eigenvalue weighted by atomic mass is 10.2. The topological polar surface area (TPSA) is 55.6 Å². The van der Waals surface area contributed by atoms with Gasteiger partial charge in [-0.3, -0.25) is 4.98 Å². The molecule has 0 atom stereocenters. The molecule has 20 heavy (non-hydrogen) atoms. The fourth-order valence-corrected chi connectivity index (χ4v) is 2.34. The second-order valence-electron chi connectivity index (χ2n) is 4.96. The molecule has 0 saturated carbocycles. The smallest absolute Gasteiger partial charge is 0.158 e. The molecule has 3 aromatic heterocycles. The molecule has 0 saturated heterocycles. The van der Waals surface area contributed by atoms with Gasteiger partial charge in [0.15, 0.2) is 5.82 Å². The number of fused-ring (bicyclic) bond motifs is 1. The molecule has 0 aliphatic rings. The molecule has 102 valence electrons. The van der Waals surface area contributed by atoms with Crippen LogP contribution in [0.4, 0.5) is 5.82 Å². The summed E-state index contributed by atoms with van der Waals surface area (Å²) in [4.78, 5) is 4.02. The molecule has 0 fully saturated rings. The van der Waals surface area contributed by atoms with E-state index in [1.165, 1.54) is 11.3 Å². The number of rotatable bonds is 3. The first kappa shape index (κ1) is 12.6. The number of nitrogens with one attached hydrogen (secondary N) is 1. The Hall–Kier alpha value is -2.43. The van der Waals surface area contributed by atoms with Gasteiger partial charge in [-0.15, -0.1) is 5.10 Å². The Bertz CT molecular complexity index is 746. The Balaban J connectivity index is 1.98. The summed E-state index contributed by atoms with van der Waals surface area (Å²) in [5.74, 6) is 0.834. The lowest BCUT2D eigenvalue weighted by molar-refractivity contribution is 0.888. The number of aromatic nitrogens is 4. The summed E-state index contributed by atoms with van der Waals surface area (Å²) in [5, 5.41) is 14.2. The number of aryl methyl sites for hydroxylation is 3. The lowest BCUT2D eigenvalue weighted by Crippen LogP contribution is -2.04. The Morgan fingerprint density at radius 3 is 2.65 bits per heavy atom. The Labute approximate surface area is 117 Å². The second-order valence-corrected chi connectivity index (χ2v) is 4.96. The molecule has 1 N–H and O–H groups in total. The van der Waals surface area contributed by atoms with Crippen molar-refractivity contribution in [3.63, 3.8) is 0 Å². The van der Waals surface area contributed by atoms with Crippen molar-refractivity contribution < 1.29 is 0 Å². The first-order valence-corrected chi connectivity index (χ1v) is 6.58. The van der Waals surface area contributed by atoms with Gasteiger partial charge in [0, 0.05) is 48.6 Å². The van der Waals surface area contributed by atoms with E-state index in [2.05, 4.69) is 38.2 Å². The van der Waals surface area contributed by atoms with Crippen LogP contribution in [0.5, 0.6) is 0 Å². The zero-order valence-corrected chi connectivity index (χ0v) is 11.9. The molecule has 0 amide bonds. The van der Waals surface area contributed by atoms with Gasteiger partial charge in [0.05, 0.1) is 5.69 Å². The number of anilines is 1. The Morgan fingerprint density at radius 2 is 1.90 bits per heavy atom. The van der Waals surface area contributed by atoms with Crippen LogP contribution >= 0.6 is 0 Å². The van der Waals surface area contributed by atoms with Gasteiger partial charge in [-0.2, -0.15) is 5.10 Å². The average molecular weight is 267 g/mol. The third-order valence-electron chi connectivity index (χ3n) is 3.62. The molecule has 3 heterocycles. The Morgan fingerprint density at radius 1 is 1.15 bits per heavy atom. The molecule has 0 aliphatic carbocycles. The quantitative estimate of drug-likeness (QED) is 0.792. The summed E-state index contributed by atoms with van der Waals surface area (Å²) in [7, 11) is 2.04. The van der Waals surface area contributed by atoms with Crippen molar-refractivity contribution in [2.75, 3.05) is 5.32 Å². The summed E-state index contributed by atoms with van der Waals surface area (Å²) in [5.41, 5.74) is 3.32. The van der Waals surface area contributed by atoms with Crippen LogP contribution in [0.3, 0.4) is 0 Å². The van der Waals surface area contributed by atoms with Crippen LogP contribution in [-0.4, -0.2) is 19.7 Å².